The number of nitro groups is 1. The number of H-pyrrole nitrogens is 1. The highest BCUT2D eigenvalue weighted by Gasteiger charge is 2.12. The highest BCUT2D eigenvalue weighted by atomic mass is 32.2. The molecule has 0 saturated carbocycles. The van der Waals surface area contributed by atoms with Crippen molar-refractivity contribution in [3.8, 4) is 0 Å². The number of aromatic nitrogens is 1. The summed E-state index contributed by atoms with van der Waals surface area (Å²) in [4.78, 5) is 13.7. The van der Waals surface area contributed by atoms with Crippen molar-refractivity contribution >= 4 is 34.0 Å². The molecule has 5 nitrogen and oxygen atoms in total. The van der Waals surface area contributed by atoms with Gasteiger partial charge < -0.3 is 10.7 Å². The van der Waals surface area contributed by atoms with E-state index >= 15 is 0 Å². The fourth-order valence-electron chi connectivity index (χ4n) is 2.12. The fraction of sp³-hybridized carbons (Fsp3) is 0.0667. The Kier molecular flexibility index (Phi) is 3.53. The Balaban J connectivity index is 1.78. The summed E-state index contributed by atoms with van der Waals surface area (Å²) in [6.07, 6.45) is 0. The molecule has 1 aromatic heterocycles. The van der Waals surface area contributed by atoms with Crippen molar-refractivity contribution in [2.75, 3.05) is 5.73 Å². The number of nitro benzene ring substituents is 1. The van der Waals surface area contributed by atoms with E-state index in [-0.39, 0.29) is 11.4 Å². The van der Waals surface area contributed by atoms with E-state index in [0.717, 1.165) is 21.5 Å². The van der Waals surface area contributed by atoms with Crippen LogP contribution in [-0.2, 0) is 5.75 Å². The van der Waals surface area contributed by atoms with Crippen molar-refractivity contribution in [3.05, 3.63) is 64.2 Å². The van der Waals surface area contributed by atoms with Crippen molar-refractivity contribution < 1.29 is 4.92 Å². The highest BCUT2D eigenvalue weighted by molar-refractivity contribution is 7.98. The summed E-state index contributed by atoms with van der Waals surface area (Å²) in [6.45, 7) is 0. The quantitative estimate of drug-likeness (QED) is 0.330. The van der Waals surface area contributed by atoms with E-state index < -0.39 is 4.92 Å². The molecule has 3 rings (SSSR count). The van der Waals surface area contributed by atoms with Crippen LogP contribution in [0, 0.1) is 10.1 Å². The lowest BCUT2D eigenvalue weighted by Crippen LogP contribution is -1.96. The number of fused-ring (bicyclic) bond motifs is 1. The van der Waals surface area contributed by atoms with Crippen molar-refractivity contribution in [3.63, 3.8) is 0 Å². The third kappa shape index (κ3) is 2.85. The molecule has 0 atom stereocenters. The normalized spacial score (nSPS) is 10.9. The largest absolute Gasteiger partial charge is 0.393 e. The van der Waals surface area contributed by atoms with Crippen LogP contribution in [0.5, 0.6) is 0 Å². The van der Waals surface area contributed by atoms with Gasteiger partial charge in [0.1, 0.15) is 5.69 Å². The summed E-state index contributed by atoms with van der Waals surface area (Å²) in [5.41, 5.74) is 7.71. The standard InChI is InChI=1S/C15H13N3O2S/c16-12-6-5-10(7-14(12)18(19)20)9-21-15-8-11-3-1-2-4-13(11)17-15/h1-8,17H,9,16H2. The second-order valence-corrected chi connectivity index (χ2v) is 5.68. The van der Waals surface area contributed by atoms with Gasteiger partial charge in [-0.25, -0.2) is 0 Å². The van der Waals surface area contributed by atoms with Gasteiger partial charge in [-0.05, 0) is 23.8 Å². The molecule has 0 aliphatic carbocycles. The Morgan fingerprint density at radius 3 is 2.76 bits per heavy atom. The van der Waals surface area contributed by atoms with Crippen LogP contribution >= 0.6 is 11.8 Å². The maximum atomic E-state index is 10.9. The topological polar surface area (TPSA) is 85.0 Å². The van der Waals surface area contributed by atoms with Gasteiger partial charge in [0.15, 0.2) is 0 Å². The average Bonchev–Trinajstić information content (AvgIpc) is 2.89. The monoisotopic (exact) mass is 299 g/mol. The third-order valence-electron chi connectivity index (χ3n) is 3.19. The molecule has 1 heterocycles. The summed E-state index contributed by atoms with van der Waals surface area (Å²) in [6, 6.07) is 15.1. The van der Waals surface area contributed by atoms with Crippen LogP contribution in [0.1, 0.15) is 5.56 Å². The zero-order chi connectivity index (χ0) is 14.8. The van der Waals surface area contributed by atoms with Crippen molar-refractivity contribution in [1.82, 2.24) is 4.98 Å². The molecule has 0 fully saturated rings. The molecule has 2 aromatic carbocycles. The molecule has 106 valence electrons. The number of nitrogen functional groups attached to an aromatic ring is 1. The Morgan fingerprint density at radius 2 is 2.00 bits per heavy atom. The third-order valence-corrected chi connectivity index (χ3v) is 4.20. The molecular weight excluding hydrogens is 286 g/mol. The number of thioether (sulfide) groups is 1. The number of rotatable bonds is 4. The number of aromatic amines is 1. The Bertz CT molecular complexity index is 781. The number of hydrogen-bond donors (Lipinski definition) is 2. The molecule has 0 radical (unpaired) electrons. The summed E-state index contributed by atoms with van der Waals surface area (Å²) >= 11 is 1.61. The predicted molar refractivity (Wildman–Crippen MR) is 85.4 cm³/mol. The zero-order valence-corrected chi connectivity index (χ0v) is 11.9. The van der Waals surface area contributed by atoms with Crippen LogP contribution in [0.15, 0.2) is 53.6 Å². The van der Waals surface area contributed by atoms with Gasteiger partial charge in [-0.2, -0.15) is 0 Å². The van der Waals surface area contributed by atoms with Gasteiger partial charge in [-0.1, -0.05) is 24.3 Å². The van der Waals surface area contributed by atoms with E-state index in [1.165, 1.54) is 6.07 Å². The number of nitrogens with zero attached hydrogens (tertiary/aromatic N) is 1. The van der Waals surface area contributed by atoms with Gasteiger partial charge in [0.25, 0.3) is 5.69 Å². The van der Waals surface area contributed by atoms with Gasteiger partial charge in [0.05, 0.1) is 9.95 Å². The van der Waals surface area contributed by atoms with Gasteiger partial charge >= 0.3 is 0 Å². The summed E-state index contributed by atoms with van der Waals surface area (Å²) in [7, 11) is 0. The zero-order valence-electron chi connectivity index (χ0n) is 11.1. The van der Waals surface area contributed by atoms with Crippen molar-refractivity contribution in [2.45, 2.75) is 10.8 Å². The Hall–Kier alpha value is -2.47. The molecule has 0 spiro atoms. The van der Waals surface area contributed by atoms with E-state index in [1.807, 2.05) is 30.3 Å². The first kappa shape index (κ1) is 13.5. The lowest BCUT2D eigenvalue weighted by Gasteiger charge is -2.02. The minimum absolute atomic E-state index is 0.0373. The summed E-state index contributed by atoms with van der Waals surface area (Å²) in [5, 5.41) is 13.1. The van der Waals surface area contributed by atoms with Gasteiger partial charge in [0.2, 0.25) is 0 Å². The van der Waals surface area contributed by atoms with E-state index in [4.69, 9.17) is 5.73 Å². The second kappa shape index (κ2) is 5.49. The fourth-order valence-corrected chi connectivity index (χ4v) is 3.02. The average molecular weight is 299 g/mol. The number of para-hydroxylation sites is 1. The highest BCUT2D eigenvalue weighted by Crippen LogP contribution is 2.29. The lowest BCUT2D eigenvalue weighted by molar-refractivity contribution is -0.383. The minimum atomic E-state index is -0.452. The molecule has 0 aliphatic heterocycles. The number of benzene rings is 2. The van der Waals surface area contributed by atoms with Crippen LogP contribution in [0.4, 0.5) is 11.4 Å². The van der Waals surface area contributed by atoms with Crippen molar-refractivity contribution in [2.24, 2.45) is 0 Å². The molecule has 0 saturated heterocycles. The molecule has 21 heavy (non-hydrogen) atoms. The molecule has 0 amide bonds. The number of hydrogen-bond acceptors (Lipinski definition) is 4. The molecule has 0 unspecified atom stereocenters. The van der Waals surface area contributed by atoms with E-state index in [2.05, 4.69) is 11.1 Å². The molecule has 0 aliphatic rings. The van der Waals surface area contributed by atoms with Gasteiger partial charge in [-0.3, -0.25) is 10.1 Å². The summed E-state index contributed by atoms with van der Waals surface area (Å²) in [5.74, 6) is 0.647. The SMILES string of the molecule is Nc1ccc(CSc2cc3ccccc3[nH]2)cc1[N+](=O)[O-]. The molecule has 0 bridgehead atoms. The molecular formula is C15H13N3O2S. The Morgan fingerprint density at radius 1 is 1.19 bits per heavy atom. The van der Waals surface area contributed by atoms with Gasteiger partial charge in [-0.15, -0.1) is 11.8 Å². The number of nitrogens with two attached hydrogens (primary N) is 1. The van der Waals surface area contributed by atoms with E-state index in [0.29, 0.717) is 5.75 Å². The van der Waals surface area contributed by atoms with E-state index in [9.17, 15) is 10.1 Å². The second-order valence-electron chi connectivity index (χ2n) is 4.66. The van der Waals surface area contributed by atoms with Crippen LogP contribution in [0.25, 0.3) is 10.9 Å². The predicted octanol–water partition coefficient (Wildman–Crippen LogP) is 3.95. The molecule has 3 N–H and O–H groups in total. The first-order chi connectivity index (χ1) is 10.1. The van der Waals surface area contributed by atoms with Crippen LogP contribution in [0.3, 0.4) is 0 Å². The maximum absolute atomic E-state index is 10.9. The number of nitrogens with one attached hydrogen (secondary N) is 1. The Labute approximate surface area is 125 Å². The molecule has 6 heteroatoms. The molecule has 3 aromatic rings. The summed E-state index contributed by atoms with van der Waals surface area (Å²) < 4.78 is 0. The lowest BCUT2D eigenvalue weighted by atomic mass is 10.2. The van der Waals surface area contributed by atoms with Crippen LogP contribution in [-0.4, -0.2) is 9.91 Å². The minimum Gasteiger partial charge on any atom is -0.393 e. The number of anilines is 1. The van der Waals surface area contributed by atoms with Crippen molar-refractivity contribution in [1.29, 1.82) is 0 Å². The first-order valence-corrected chi connectivity index (χ1v) is 7.35. The van der Waals surface area contributed by atoms with Gasteiger partial charge in [0, 0.05) is 22.7 Å². The maximum Gasteiger partial charge on any atom is 0.292 e. The smallest absolute Gasteiger partial charge is 0.292 e. The first-order valence-electron chi connectivity index (χ1n) is 6.37. The van der Waals surface area contributed by atoms with E-state index in [1.54, 1.807) is 17.8 Å². The van der Waals surface area contributed by atoms with Crippen LogP contribution in [0.2, 0.25) is 0 Å². The van der Waals surface area contributed by atoms with Crippen LogP contribution < -0.4 is 5.73 Å².